The zero-order valence-corrected chi connectivity index (χ0v) is 7.68. The van der Waals surface area contributed by atoms with E-state index < -0.39 is 5.60 Å². The van der Waals surface area contributed by atoms with Crippen LogP contribution >= 0.6 is 0 Å². The second-order valence-electron chi connectivity index (χ2n) is 4.20. The molecule has 1 fully saturated rings. The van der Waals surface area contributed by atoms with Gasteiger partial charge in [0.2, 0.25) is 0 Å². The average molecular weight is 158 g/mol. The first kappa shape index (κ1) is 9.01. The predicted molar refractivity (Wildman–Crippen MR) is 44.5 cm³/mol. The average Bonchev–Trinajstić information content (AvgIpc) is 2.09. The molecule has 1 saturated carbocycles. The predicted octanol–water partition coefficient (Wildman–Crippen LogP) is 1.57. The van der Waals surface area contributed by atoms with Crippen molar-refractivity contribution < 1.29 is 9.84 Å². The van der Waals surface area contributed by atoms with Crippen molar-refractivity contribution in [3.05, 3.63) is 0 Å². The van der Waals surface area contributed by atoms with Gasteiger partial charge < -0.3 is 9.84 Å². The normalized spacial score (nSPS) is 36.0. The summed E-state index contributed by atoms with van der Waals surface area (Å²) in [7, 11) is 1.65. The lowest BCUT2D eigenvalue weighted by Gasteiger charge is -2.35. The molecule has 0 aromatic carbocycles. The van der Waals surface area contributed by atoms with E-state index in [9.17, 15) is 5.11 Å². The van der Waals surface area contributed by atoms with Crippen LogP contribution in [0.25, 0.3) is 0 Å². The van der Waals surface area contributed by atoms with Crippen LogP contribution in [0.2, 0.25) is 0 Å². The minimum absolute atomic E-state index is 0.0308. The zero-order chi connectivity index (χ0) is 8.54. The molecule has 0 aromatic rings. The van der Waals surface area contributed by atoms with Gasteiger partial charge in [-0.1, -0.05) is 13.8 Å². The molecule has 0 aliphatic heterocycles. The molecule has 0 spiro atoms. The molecule has 2 heteroatoms. The Kier molecular flexibility index (Phi) is 2.26. The van der Waals surface area contributed by atoms with Crippen LogP contribution < -0.4 is 0 Å². The summed E-state index contributed by atoms with van der Waals surface area (Å²) in [4.78, 5) is 0. The molecule has 1 aliphatic rings. The summed E-state index contributed by atoms with van der Waals surface area (Å²) in [6.45, 7) is 4.69. The van der Waals surface area contributed by atoms with Crippen LogP contribution in [0.3, 0.4) is 0 Å². The maximum absolute atomic E-state index is 10.1. The van der Waals surface area contributed by atoms with E-state index in [0.29, 0.717) is 6.61 Å². The van der Waals surface area contributed by atoms with Gasteiger partial charge in [0.1, 0.15) is 0 Å². The van der Waals surface area contributed by atoms with Crippen molar-refractivity contribution in [2.24, 2.45) is 5.41 Å². The van der Waals surface area contributed by atoms with Gasteiger partial charge in [-0.05, 0) is 24.7 Å². The Balaban J connectivity index is 2.68. The molecule has 0 saturated heterocycles. The molecule has 0 bridgehead atoms. The number of ether oxygens (including phenoxy) is 1. The van der Waals surface area contributed by atoms with Crippen molar-refractivity contribution in [1.82, 2.24) is 0 Å². The van der Waals surface area contributed by atoms with Crippen LogP contribution in [-0.4, -0.2) is 24.4 Å². The van der Waals surface area contributed by atoms with Crippen LogP contribution in [0.15, 0.2) is 0 Å². The third-order valence-electron chi connectivity index (χ3n) is 3.04. The lowest BCUT2D eigenvalue weighted by atomic mass is 9.78. The van der Waals surface area contributed by atoms with Gasteiger partial charge in [-0.2, -0.15) is 0 Å². The van der Waals surface area contributed by atoms with Crippen LogP contribution in [0.5, 0.6) is 0 Å². The number of methoxy groups -OCH3 is 1. The lowest BCUT2D eigenvalue weighted by Crippen LogP contribution is -2.43. The molecule has 66 valence electrons. The van der Waals surface area contributed by atoms with Gasteiger partial charge >= 0.3 is 0 Å². The lowest BCUT2D eigenvalue weighted by molar-refractivity contribution is -0.0917. The van der Waals surface area contributed by atoms with Gasteiger partial charge in [0.15, 0.2) is 0 Å². The van der Waals surface area contributed by atoms with Gasteiger partial charge in [0, 0.05) is 7.11 Å². The van der Waals surface area contributed by atoms with E-state index in [1.807, 2.05) is 0 Å². The molecule has 2 nitrogen and oxygen atoms in total. The molecule has 1 atom stereocenters. The van der Waals surface area contributed by atoms with E-state index in [1.54, 1.807) is 7.11 Å². The molecule has 0 amide bonds. The van der Waals surface area contributed by atoms with Crippen LogP contribution in [0.1, 0.15) is 33.1 Å². The Morgan fingerprint density at radius 2 is 2.00 bits per heavy atom. The molecular weight excluding hydrogens is 140 g/mol. The third kappa shape index (κ3) is 1.42. The summed E-state index contributed by atoms with van der Waals surface area (Å²) in [6.07, 6.45) is 3.10. The van der Waals surface area contributed by atoms with E-state index in [-0.39, 0.29) is 5.41 Å². The fraction of sp³-hybridized carbons (Fsp3) is 1.00. The maximum Gasteiger partial charge on any atom is 0.0930 e. The van der Waals surface area contributed by atoms with Crippen molar-refractivity contribution in [3.8, 4) is 0 Å². The molecule has 0 radical (unpaired) electrons. The summed E-state index contributed by atoms with van der Waals surface area (Å²) in [5.74, 6) is 0. The second-order valence-corrected chi connectivity index (χ2v) is 4.20. The molecule has 11 heavy (non-hydrogen) atoms. The van der Waals surface area contributed by atoms with Crippen molar-refractivity contribution >= 4 is 0 Å². The first-order chi connectivity index (χ1) is 5.02. The van der Waals surface area contributed by atoms with Crippen molar-refractivity contribution in [2.75, 3.05) is 13.7 Å². The smallest absolute Gasteiger partial charge is 0.0930 e. The number of aliphatic hydroxyl groups is 1. The maximum atomic E-state index is 10.1. The highest BCUT2D eigenvalue weighted by Gasteiger charge is 2.47. The highest BCUT2D eigenvalue weighted by molar-refractivity contribution is 4.98. The zero-order valence-electron chi connectivity index (χ0n) is 7.68. The topological polar surface area (TPSA) is 29.5 Å². The quantitative estimate of drug-likeness (QED) is 0.661. The molecule has 1 aliphatic carbocycles. The van der Waals surface area contributed by atoms with Gasteiger partial charge in [0.05, 0.1) is 12.2 Å². The third-order valence-corrected chi connectivity index (χ3v) is 3.04. The van der Waals surface area contributed by atoms with E-state index in [1.165, 1.54) is 0 Å². The van der Waals surface area contributed by atoms with Gasteiger partial charge in [-0.3, -0.25) is 0 Å². The Bertz CT molecular complexity index is 142. The van der Waals surface area contributed by atoms with Crippen LogP contribution in [0.4, 0.5) is 0 Å². The fourth-order valence-electron chi connectivity index (χ4n) is 1.90. The Morgan fingerprint density at radius 3 is 2.36 bits per heavy atom. The summed E-state index contributed by atoms with van der Waals surface area (Å²) in [6, 6.07) is 0. The van der Waals surface area contributed by atoms with Gasteiger partial charge in [-0.15, -0.1) is 0 Å². The first-order valence-corrected chi connectivity index (χ1v) is 4.23. The van der Waals surface area contributed by atoms with Crippen molar-refractivity contribution in [2.45, 2.75) is 38.7 Å². The van der Waals surface area contributed by atoms with E-state index >= 15 is 0 Å². The summed E-state index contributed by atoms with van der Waals surface area (Å²) < 4.78 is 5.01. The first-order valence-electron chi connectivity index (χ1n) is 4.23. The van der Waals surface area contributed by atoms with Gasteiger partial charge in [-0.25, -0.2) is 0 Å². The molecule has 1 unspecified atom stereocenters. The standard InChI is InChI=1S/C9H18O2/c1-8(2)5-4-6-9(8,10)7-11-3/h10H,4-7H2,1-3H3. The molecular formula is C9H18O2. The SMILES string of the molecule is COCC1(O)CCCC1(C)C. The van der Waals surface area contributed by atoms with Crippen LogP contribution in [0, 0.1) is 5.41 Å². The highest BCUT2D eigenvalue weighted by Crippen LogP contribution is 2.45. The van der Waals surface area contributed by atoms with E-state index in [2.05, 4.69) is 13.8 Å². The Hall–Kier alpha value is -0.0800. The fourth-order valence-corrected chi connectivity index (χ4v) is 1.90. The van der Waals surface area contributed by atoms with Crippen molar-refractivity contribution in [1.29, 1.82) is 0 Å². The largest absolute Gasteiger partial charge is 0.387 e. The Labute approximate surface area is 68.6 Å². The minimum atomic E-state index is -0.582. The number of rotatable bonds is 2. The Morgan fingerprint density at radius 1 is 1.36 bits per heavy atom. The van der Waals surface area contributed by atoms with E-state index in [4.69, 9.17) is 4.74 Å². The second kappa shape index (κ2) is 2.76. The minimum Gasteiger partial charge on any atom is -0.387 e. The number of hydrogen-bond donors (Lipinski definition) is 1. The summed E-state index contributed by atoms with van der Waals surface area (Å²) in [5.41, 5.74) is -0.551. The van der Waals surface area contributed by atoms with E-state index in [0.717, 1.165) is 19.3 Å². The van der Waals surface area contributed by atoms with Crippen LogP contribution in [-0.2, 0) is 4.74 Å². The summed E-state index contributed by atoms with van der Waals surface area (Å²) >= 11 is 0. The van der Waals surface area contributed by atoms with Gasteiger partial charge in [0.25, 0.3) is 0 Å². The van der Waals surface area contributed by atoms with Crippen molar-refractivity contribution in [3.63, 3.8) is 0 Å². The monoisotopic (exact) mass is 158 g/mol. The molecule has 0 aromatic heterocycles. The summed E-state index contributed by atoms with van der Waals surface area (Å²) in [5, 5.41) is 10.1. The highest BCUT2D eigenvalue weighted by atomic mass is 16.5. The molecule has 1 N–H and O–H groups in total. The molecule has 1 rings (SSSR count). The molecule has 0 heterocycles. The number of hydrogen-bond acceptors (Lipinski definition) is 2.